The van der Waals surface area contributed by atoms with Crippen LogP contribution in [0.4, 0.5) is 0 Å². The van der Waals surface area contributed by atoms with Crippen molar-refractivity contribution < 1.29 is 13.2 Å². The predicted octanol–water partition coefficient (Wildman–Crippen LogP) is 2.08. The molecule has 0 aliphatic heterocycles. The minimum absolute atomic E-state index is 0.0183. The van der Waals surface area contributed by atoms with Crippen LogP contribution in [0.15, 0.2) is 23.1 Å². The highest BCUT2D eigenvalue weighted by Crippen LogP contribution is 2.58. The van der Waals surface area contributed by atoms with Crippen molar-refractivity contribution in [2.45, 2.75) is 37.0 Å². The maximum Gasteiger partial charge on any atom is 0.266 e. The van der Waals surface area contributed by atoms with E-state index in [0.717, 1.165) is 24.6 Å². The second-order valence-electron chi connectivity index (χ2n) is 6.32. The Bertz CT molecular complexity index is 847. The molecule has 2 aliphatic rings. The zero-order valence-corrected chi connectivity index (χ0v) is 13.4. The summed E-state index contributed by atoms with van der Waals surface area (Å²) in [7, 11) is -3.90. The lowest BCUT2D eigenvalue weighted by Gasteiger charge is -2.53. The number of sulfonamides is 1. The molecule has 1 amide bonds. The number of carbonyl (C=O) groups excluding carboxylic acids is 1. The molecule has 0 unspecified atom stereocenters. The molecule has 1 N–H and O–H groups in total. The Hall–Kier alpha value is -1.54. The third-order valence-corrected chi connectivity index (χ3v) is 6.84. The summed E-state index contributed by atoms with van der Waals surface area (Å²) in [6.07, 6.45) is 5.21. The molecule has 2 aliphatic carbocycles. The Labute approximate surface area is 132 Å². The van der Waals surface area contributed by atoms with Crippen LogP contribution in [0.25, 0.3) is 11.0 Å². The number of hydrogen-bond donors (Lipinski definition) is 1. The maximum absolute atomic E-state index is 12.4. The van der Waals surface area contributed by atoms with Crippen LogP contribution in [0.2, 0.25) is 0 Å². The molecule has 2 fully saturated rings. The second-order valence-corrected chi connectivity index (χ2v) is 8.50. The highest BCUT2D eigenvalue weighted by molar-refractivity contribution is 7.90. The molecule has 1 heterocycles. The van der Waals surface area contributed by atoms with Crippen molar-refractivity contribution in [3.05, 3.63) is 18.2 Å². The van der Waals surface area contributed by atoms with E-state index in [1.54, 1.807) is 12.1 Å². The van der Waals surface area contributed by atoms with E-state index in [1.165, 1.54) is 25.3 Å². The monoisotopic (exact) mass is 337 g/mol. The van der Waals surface area contributed by atoms with E-state index < -0.39 is 15.9 Å². The fourth-order valence-corrected chi connectivity index (χ4v) is 5.34. The fourth-order valence-electron chi connectivity index (χ4n) is 3.52. The van der Waals surface area contributed by atoms with E-state index in [-0.39, 0.29) is 10.8 Å². The van der Waals surface area contributed by atoms with Gasteiger partial charge in [0.1, 0.15) is 15.9 Å². The van der Waals surface area contributed by atoms with Gasteiger partial charge in [-0.25, -0.2) is 13.1 Å². The molecule has 0 bridgehead atoms. The van der Waals surface area contributed by atoms with Crippen molar-refractivity contribution in [1.29, 1.82) is 0 Å². The van der Waals surface area contributed by atoms with Gasteiger partial charge in [-0.05, 0) is 43.2 Å². The highest BCUT2D eigenvalue weighted by Gasteiger charge is 2.51. The van der Waals surface area contributed by atoms with Gasteiger partial charge < -0.3 is 0 Å². The van der Waals surface area contributed by atoms with Gasteiger partial charge in [-0.1, -0.05) is 12.5 Å². The number of benzene rings is 1. The average Bonchev–Trinajstić information content (AvgIpc) is 2.82. The fraction of sp³-hybridized carbons (Fsp3) is 0.500. The third kappa shape index (κ3) is 2.13. The number of nitrogens with one attached hydrogen (secondary N) is 1. The first kappa shape index (κ1) is 14.1. The Balaban J connectivity index is 1.54. The summed E-state index contributed by atoms with van der Waals surface area (Å²) >= 11 is 0.957. The van der Waals surface area contributed by atoms with Crippen LogP contribution < -0.4 is 4.72 Å². The largest absolute Gasteiger partial charge is 0.274 e. The summed E-state index contributed by atoms with van der Waals surface area (Å²) in [5, 5.41) is 0. The third-order valence-electron chi connectivity index (χ3n) is 4.92. The molecule has 0 saturated heterocycles. The first-order valence-electron chi connectivity index (χ1n) is 7.27. The van der Waals surface area contributed by atoms with Gasteiger partial charge in [0.15, 0.2) is 0 Å². The lowest BCUT2D eigenvalue weighted by atomic mass is 9.52. The van der Waals surface area contributed by atoms with Crippen molar-refractivity contribution >= 4 is 38.7 Å². The van der Waals surface area contributed by atoms with Gasteiger partial charge in [-0.2, -0.15) is 8.75 Å². The maximum atomic E-state index is 12.4. The molecule has 0 atom stereocenters. The summed E-state index contributed by atoms with van der Waals surface area (Å²) < 4.78 is 35.2. The SMILES string of the molecule is O=C(NS(=O)(=O)c1cccc2nsnc12)C1CC2(CCC2)C1. The van der Waals surface area contributed by atoms with Crippen molar-refractivity contribution in [2.75, 3.05) is 0 Å². The minimum atomic E-state index is -3.90. The van der Waals surface area contributed by atoms with Crippen molar-refractivity contribution in [3.8, 4) is 0 Å². The molecular weight excluding hydrogens is 322 g/mol. The van der Waals surface area contributed by atoms with Crippen LogP contribution in [0.1, 0.15) is 32.1 Å². The van der Waals surface area contributed by atoms with Gasteiger partial charge in [-0.15, -0.1) is 0 Å². The molecule has 8 heteroatoms. The molecule has 2 saturated carbocycles. The number of nitrogens with zero attached hydrogens (tertiary/aromatic N) is 2. The molecule has 1 aromatic carbocycles. The number of amides is 1. The molecule has 1 spiro atoms. The van der Waals surface area contributed by atoms with E-state index in [9.17, 15) is 13.2 Å². The zero-order chi connectivity index (χ0) is 15.4. The standard InChI is InChI=1S/C14H15N3O3S2/c18-13(9-7-14(8-9)5-2-6-14)17-22(19,20)11-4-1-3-10-12(11)16-21-15-10/h1,3-4,9H,2,5-8H2,(H,17,18). The first-order valence-corrected chi connectivity index (χ1v) is 9.48. The minimum Gasteiger partial charge on any atom is -0.274 e. The first-order chi connectivity index (χ1) is 10.5. The Morgan fingerprint density at radius 2 is 2.05 bits per heavy atom. The number of hydrogen-bond acceptors (Lipinski definition) is 6. The van der Waals surface area contributed by atoms with E-state index in [1.807, 2.05) is 0 Å². The smallest absolute Gasteiger partial charge is 0.266 e. The molecular formula is C14H15N3O3S2. The highest BCUT2D eigenvalue weighted by atomic mass is 32.2. The summed E-state index contributed by atoms with van der Waals surface area (Å²) in [6.45, 7) is 0. The molecule has 116 valence electrons. The predicted molar refractivity (Wildman–Crippen MR) is 81.8 cm³/mol. The lowest BCUT2D eigenvalue weighted by molar-refractivity contribution is -0.134. The number of aromatic nitrogens is 2. The van der Waals surface area contributed by atoms with Crippen molar-refractivity contribution in [3.63, 3.8) is 0 Å². The van der Waals surface area contributed by atoms with Gasteiger partial charge in [-0.3, -0.25) is 4.79 Å². The number of carbonyl (C=O) groups is 1. The molecule has 4 rings (SSSR count). The topological polar surface area (TPSA) is 89.0 Å². The van der Waals surface area contributed by atoms with E-state index in [0.29, 0.717) is 16.4 Å². The van der Waals surface area contributed by atoms with Crippen LogP contribution >= 0.6 is 11.7 Å². The lowest BCUT2D eigenvalue weighted by Crippen LogP contribution is -2.49. The zero-order valence-electron chi connectivity index (χ0n) is 11.8. The Kier molecular flexibility index (Phi) is 3.02. The quantitative estimate of drug-likeness (QED) is 0.926. The number of rotatable bonds is 3. The summed E-state index contributed by atoms with van der Waals surface area (Å²) in [4.78, 5) is 12.2. The summed E-state index contributed by atoms with van der Waals surface area (Å²) in [5.74, 6) is -0.569. The van der Waals surface area contributed by atoms with Gasteiger partial charge in [0, 0.05) is 5.92 Å². The number of fused-ring (bicyclic) bond motifs is 1. The normalized spacial score (nSPS) is 20.5. The molecule has 2 aromatic rings. The van der Waals surface area contributed by atoms with Crippen LogP contribution in [-0.4, -0.2) is 23.1 Å². The second kappa shape index (κ2) is 4.73. The van der Waals surface area contributed by atoms with Gasteiger partial charge >= 0.3 is 0 Å². The average molecular weight is 337 g/mol. The Morgan fingerprint density at radius 1 is 1.27 bits per heavy atom. The van der Waals surface area contributed by atoms with Gasteiger partial charge in [0.2, 0.25) is 5.91 Å². The summed E-state index contributed by atoms with van der Waals surface area (Å²) in [6, 6.07) is 4.76. The van der Waals surface area contributed by atoms with Crippen LogP contribution in [-0.2, 0) is 14.8 Å². The molecule has 6 nitrogen and oxygen atoms in total. The Morgan fingerprint density at radius 3 is 2.73 bits per heavy atom. The van der Waals surface area contributed by atoms with Crippen LogP contribution in [0, 0.1) is 11.3 Å². The van der Waals surface area contributed by atoms with Crippen molar-refractivity contribution in [2.24, 2.45) is 11.3 Å². The molecule has 22 heavy (non-hydrogen) atoms. The van der Waals surface area contributed by atoms with Gasteiger partial charge in [0.25, 0.3) is 10.0 Å². The molecule has 1 aromatic heterocycles. The van der Waals surface area contributed by atoms with Crippen LogP contribution in [0.3, 0.4) is 0 Å². The van der Waals surface area contributed by atoms with Gasteiger partial charge in [0.05, 0.1) is 11.7 Å². The van der Waals surface area contributed by atoms with Crippen LogP contribution in [0.5, 0.6) is 0 Å². The van der Waals surface area contributed by atoms with E-state index in [4.69, 9.17) is 0 Å². The molecule has 0 radical (unpaired) electrons. The van der Waals surface area contributed by atoms with E-state index >= 15 is 0 Å². The summed E-state index contributed by atoms with van der Waals surface area (Å²) in [5.41, 5.74) is 1.18. The van der Waals surface area contributed by atoms with E-state index in [2.05, 4.69) is 13.5 Å². The van der Waals surface area contributed by atoms with Crippen molar-refractivity contribution in [1.82, 2.24) is 13.5 Å².